The molecular formula is C19H24N2O4S. The molecule has 6 nitrogen and oxygen atoms in total. The lowest BCUT2D eigenvalue weighted by atomic mass is 10.1. The highest BCUT2D eigenvalue weighted by Crippen LogP contribution is 2.07. The zero-order valence-electron chi connectivity index (χ0n) is 14.8. The van der Waals surface area contributed by atoms with Gasteiger partial charge in [-0.1, -0.05) is 48.5 Å². The SMILES string of the molecule is CS(=O)(=O)N(CCNC(=O)COc1ccccc1)CCc1ccccc1. The summed E-state index contributed by atoms with van der Waals surface area (Å²) in [4.78, 5) is 11.8. The van der Waals surface area contributed by atoms with Gasteiger partial charge in [-0.25, -0.2) is 12.7 Å². The first-order valence-electron chi connectivity index (χ1n) is 8.39. The van der Waals surface area contributed by atoms with Crippen LogP contribution in [0.1, 0.15) is 5.56 Å². The van der Waals surface area contributed by atoms with E-state index >= 15 is 0 Å². The number of sulfonamides is 1. The highest BCUT2D eigenvalue weighted by molar-refractivity contribution is 7.88. The first-order valence-corrected chi connectivity index (χ1v) is 10.2. The highest BCUT2D eigenvalue weighted by atomic mass is 32.2. The molecule has 140 valence electrons. The van der Waals surface area contributed by atoms with Crippen LogP contribution in [-0.2, 0) is 21.2 Å². The fraction of sp³-hybridized carbons (Fsp3) is 0.316. The molecule has 0 saturated heterocycles. The lowest BCUT2D eigenvalue weighted by Gasteiger charge is -2.20. The molecule has 1 N–H and O–H groups in total. The lowest BCUT2D eigenvalue weighted by Crippen LogP contribution is -2.40. The first kappa shape index (κ1) is 19.9. The van der Waals surface area contributed by atoms with Crippen molar-refractivity contribution in [2.45, 2.75) is 6.42 Å². The Morgan fingerprint density at radius 2 is 1.62 bits per heavy atom. The zero-order chi connectivity index (χ0) is 18.8. The van der Waals surface area contributed by atoms with E-state index in [1.807, 2.05) is 48.5 Å². The summed E-state index contributed by atoms with van der Waals surface area (Å²) in [7, 11) is -3.34. The molecule has 0 saturated carbocycles. The molecule has 7 heteroatoms. The van der Waals surface area contributed by atoms with Crippen molar-refractivity contribution in [3.05, 3.63) is 66.2 Å². The molecule has 2 rings (SSSR count). The van der Waals surface area contributed by atoms with Crippen LogP contribution < -0.4 is 10.1 Å². The molecule has 26 heavy (non-hydrogen) atoms. The Labute approximate surface area is 154 Å². The molecule has 0 spiro atoms. The Kier molecular flexibility index (Phi) is 7.62. The van der Waals surface area contributed by atoms with Crippen LogP contribution in [0.5, 0.6) is 5.75 Å². The van der Waals surface area contributed by atoms with Crippen LogP contribution >= 0.6 is 0 Å². The number of nitrogens with zero attached hydrogens (tertiary/aromatic N) is 1. The minimum atomic E-state index is -3.34. The third-order valence-electron chi connectivity index (χ3n) is 3.76. The number of para-hydroxylation sites is 1. The first-order chi connectivity index (χ1) is 12.4. The number of hydrogen-bond donors (Lipinski definition) is 1. The van der Waals surface area contributed by atoms with E-state index in [0.29, 0.717) is 18.7 Å². The Hall–Kier alpha value is -2.38. The Morgan fingerprint density at radius 3 is 2.23 bits per heavy atom. The summed E-state index contributed by atoms with van der Waals surface area (Å²) in [6, 6.07) is 18.7. The van der Waals surface area contributed by atoms with Crippen LogP contribution in [0.25, 0.3) is 0 Å². The van der Waals surface area contributed by atoms with Crippen molar-refractivity contribution in [1.29, 1.82) is 0 Å². The van der Waals surface area contributed by atoms with Gasteiger partial charge < -0.3 is 10.1 Å². The average Bonchev–Trinajstić information content (AvgIpc) is 2.63. The van der Waals surface area contributed by atoms with Gasteiger partial charge in [0.25, 0.3) is 5.91 Å². The number of nitrogens with one attached hydrogen (secondary N) is 1. The smallest absolute Gasteiger partial charge is 0.257 e. The zero-order valence-corrected chi connectivity index (χ0v) is 15.6. The van der Waals surface area contributed by atoms with Crippen molar-refractivity contribution in [1.82, 2.24) is 9.62 Å². The van der Waals surface area contributed by atoms with E-state index in [0.717, 1.165) is 5.56 Å². The van der Waals surface area contributed by atoms with Crippen LogP contribution in [0.2, 0.25) is 0 Å². The molecule has 0 radical (unpaired) electrons. The number of benzene rings is 2. The summed E-state index contributed by atoms with van der Waals surface area (Å²) in [6.07, 6.45) is 1.80. The maximum absolute atomic E-state index is 11.9. The number of amides is 1. The largest absolute Gasteiger partial charge is 0.484 e. The molecule has 1 amide bonds. The minimum absolute atomic E-state index is 0.104. The van der Waals surface area contributed by atoms with Gasteiger partial charge in [-0.2, -0.15) is 0 Å². The van der Waals surface area contributed by atoms with Crippen molar-refractivity contribution < 1.29 is 17.9 Å². The molecule has 0 fully saturated rings. The van der Waals surface area contributed by atoms with E-state index in [1.165, 1.54) is 10.6 Å². The van der Waals surface area contributed by atoms with E-state index in [1.54, 1.807) is 12.1 Å². The number of carbonyl (C=O) groups excluding carboxylic acids is 1. The normalized spacial score (nSPS) is 11.3. The van der Waals surface area contributed by atoms with E-state index < -0.39 is 10.0 Å². The Balaban J connectivity index is 1.75. The maximum Gasteiger partial charge on any atom is 0.257 e. The monoisotopic (exact) mass is 376 g/mol. The van der Waals surface area contributed by atoms with Crippen molar-refractivity contribution >= 4 is 15.9 Å². The molecule has 0 aliphatic rings. The molecule has 0 aromatic heterocycles. The predicted molar refractivity (Wildman–Crippen MR) is 102 cm³/mol. The van der Waals surface area contributed by atoms with Gasteiger partial charge in [-0.3, -0.25) is 4.79 Å². The van der Waals surface area contributed by atoms with E-state index in [2.05, 4.69) is 5.32 Å². The molecule has 0 aliphatic carbocycles. The predicted octanol–water partition coefficient (Wildman–Crippen LogP) is 1.69. The van der Waals surface area contributed by atoms with Crippen LogP contribution in [0, 0.1) is 0 Å². The molecule has 0 bridgehead atoms. The molecule has 0 heterocycles. The standard InChI is InChI=1S/C19H24N2O4S/c1-26(23,24)21(14-12-17-8-4-2-5-9-17)15-13-20-19(22)16-25-18-10-6-3-7-11-18/h2-11H,12-16H2,1H3,(H,20,22). The Bertz CT molecular complexity index is 780. The summed E-state index contributed by atoms with van der Waals surface area (Å²) < 4.78 is 30.6. The van der Waals surface area contributed by atoms with Crippen molar-refractivity contribution in [2.24, 2.45) is 0 Å². The van der Waals surface area contributed by atoms with Gasteiger partial charge >= 0.3 is 0 Å². The van der Waals surface area contributed by atoms with Crippen molar-refractivity contribution in [3.63, 3.8) is 0 Å². The summed E-state index contributed by atoms with van der Waals surface area (Å²) >= 11 is 0. The third-order valence-corrected chi connectivity index (χ3v) is 5.06. The van der Waals surface area contributed by atoms with Gasteiger partial charge in [0.05, 0.1) is 6.26 Å². The summed E-state index contributed by atoms with van der Waals surface area (Å²) in [6.45, 7) is 0.730. The second-order valence-corrected chi connectivity index (χ2v) is 7.83. The molecule has 0 atom stereocenters. The summed E-state index contributed by atoms with van der Waals surface area (Å²) in [5, 5.41) is 2.68. The van der Waals surface area contributed by atoms with Crippen molar-refractivity contribution in [3.8, 4) is 5.75 Å². The maximum atomic E-state index is 11.9. The molecule has 0 aliphatic heterocycles. The summed E-state index contributed by atoms with van der Waals surface area (Å²) in [5.41, 5.74) is 1.07. The van der Waals surface area contributed by atoms with Crippen molar-refractivity contribution in [2.75, 3.05) is 32.5 Å². The molecule has 0 unspecified atom stereocenters. The lowest BCUT2D eigenvalue weighted by molar-refractivity contribution is -0.123. The Morgan fingerprint density at radius 1 is 1.00 bits per heavy atom. The van der Waals surface area contributed by atoms with Crippen LogP contribution in [0.3, 0.4) is 0 Å². The van der Waals surface area contributed by atoms with Crippen LogP contribution in [-0.4, -0.2) is 51.1 Å². The third kappa shape index (κ3) is 7.25. The summed E-state index contributed by atoms with van der Waals surface area (Å²) in [5.74, 6) is 0.327. The van der Waals surface area contributed by atoms with Gasteiger partial charge in [0.1, 0.15) is 5.75 Å². The van der Waals surface area contributed by atoms with E-state index in [9.17, 15) is 13.2 Å². The van der Waals surface area contributed by atoms with E-state index in [4.69, 9.17) is 4.74 Å². The molecule has 2 aromatic carbocycles. The van der Waals surface area contributed by atoms with Gasteiger partial charge in [0.15, 0.2) is 6.61 Å². The number of carbonyl (C=O) groups is 1. The molecule has 2 aromatic rings. The van der Waals surface area contributed by atoms with Gasteiger partial charge in [0.2, 0.25) is 10.0 Å². The second-order valence-electron chi connectivity index (χ2n) is 5.85. The number of ether oxygens (including phenoxy) is 1. The topological polar surface area (TPSA) is 75.7 Å². The average molecular weight is 376 g/mol. The quantitative estimate of drug-likeness (QED) is 0.685. The van der Waals surface area contributed by atoms with E-state index in [-0.39, 0.29) is 25.6 Å². The fourth-order valence-corrected chi connectivity index (χ4v) is 3.22. The van der Waals surface area contributed by atoms with Gasteiger partial charge in [-0.05, 0) is 24.1 Å². The highest BCUT2D eigenvalue weighted by Gasteiger charge is 2.16. The number of rotatable bonds is 10. The van der Waals surface area contributed by atoms with Gasteiger partial charge in [0, 0.05) is 19.6 Å². The molecular weight excluding hydrogens is 352 g/mol. The number of hydrogen-bond acceptors (Lipinski definition) is 4. The van der Waals surface area contributed by atoms with Gasteiger partial charge in [-0.15, -0.1) is 0 Å². The minimum Gasteiger partial charge on any atom is -0.484 e. The van der Waals surface area contributed by atoms with Crippen LogP contribution in [0.4, 0.5) is 0 Å². The van der Waals surface area contributed by atoms with Crippen LogP contribution in [0.15, 0.2) is 60.7 Å². The second kappa shape index (κ2) is 9.94. The fourth-order valence-electron chi connectivity index (χ4n) is 2.38.